The molecule has 0 fully saturated rings. The molecule has 0 aliphatic heterocycles. The molecule has 2 aromatic rings. The van der Waals surface area contributed by atoms with Crippen molar-refractivity contribution in [2.45, 2.75) is 64.7 Å². The second kappa shape index (κ2) is 15.1. The number of hydrogen-bond acceptors (Lipinski definition) is 4. The van der Waals surface area contributed by atoms with Gasteiger partial charge in [0.05, 0.1) is 18.8 Å². The van der Waals surface area contributed by atoms with Gasteiger partial charge in [0.1, 0.15) is 17.2 Å². The summed E-state index contributed by atoms with van der Waals surface area (Å²) in [5.41, 5.74) is 0.488. The molecule has 31 heavy (non-hydrogen) atoms. The molecule has 0 radical (unpaired) electrons. The van der Waals surface area contributed by atoms with E-state index in [0.717, 1.165) is 37.2 Å². The number of carbonyl (C=O) groups is 1. The maximum absolute atomic E-state index is 12.4. The van der Waals surface area contributed by atoms with Gasteiger partial charge in [-0.3, -0.25) is 0 Å². The number of benzene rings is 2. The molecule has 0 atom stereocenters. The van der Waals surface area contributed by atoms with Crippen LogP contribution in [-0.2, 0) is 0 Å². The Morgan fingerprint density at radius 1 is 0.742 bits per heavy atom. The van der Waals surface area contributed by atoms with Crippen molar-refractivity contribution in [2.75, 3.05) is 13.2 Å². The third-order valence-corrected chi connectivity index (χ3v) is 4.96. The molecule has 0 amide bonds. The topological polar surface area (TPSA) is 44.8 Å². The van der Waals surface area contributed by atoms with E-state index in [4.69, 9.17) is 14.2 Å². The molecule has 2 aromatic carbocycles. The van der Waals surface area contributed by atoms with E-state index in [1.165, 1.54) is 32.1 Å². The predicted molar refractivity (Wildman–Crippen MR) is 126 cm³/mol. The average Bonchev–Trinajstić information content (AvgIpc) is 2.80. The first-order valence-corrected chi connectivity index (χ1v) is 11.5. The average molecular weight is 425 g/mol. The first-order chi connectivity index (χ1) is 15.2. The molecule has 0 aromatic heterocycles. The van der Waals surface area contributed by atoms with Crippen molar-refractivity contribution in [1.29, 1.82) is 0 Å². The van der Waals surface area contributed by atoms with Crippen LogP contribution in [0.4, 0.5) is 0 Å². The van der Waals surface area contributed by atoms with Crippen LogP contribution in [0.5, 0.6) is 17.2 Å². The minimum Gasteiger partial charge on any atom is -0.494 e. The van der Waals surface area contributed by atoms with E-state index in [2.05, 4.69) is 13.5 Å². The lowest BCUT2D eigenvalue weighted by Gasteiger charge is -2.09. The quantitative estimate of drug-likeness (QED) is 0.122. The van der Waals surface area contributed by atoms with E-state index >= 15 is 0 Å². The second-order valence-corrected chi connectivity index (χ2v) is 7.63. The van der Waals surface area contributed by atoms with Crippen LogP contribution < -0.4 is 14.2 Å². The standard InChI is InChI=1S/C27H36O4/c1-3-5-7-9-10-12-22-30-25-17-19-26(20-18-25)31-27(28)23-13-15-24(16-14-23)29-21-11-8-6-4-2/h4,13-20H,2-3,5-12,21-22H2,1H3. The number of allylic oxidation sites excluding steroid dienone is 1. The van der Waals surface area contributed by atoms with Gasteiger partial charge in [0.2, 0.25) is 0 Å². The highest BCUT2D eigenvalue weighted by Gasteiger charge is 2.09. The molecular weight excluding hydrogens is 388 g/mol. The van der Waals surface area contributed by atoms with E-state index in [0.29, 0.717) is 24.5 Å². The Morgan fingerprint density at radius 3 is 1.87 bits per heavy atom. The highest BCUT2D eigenvalue weighted by atomic mass is 16.5. The van der Waals surface area contributed by atoms with Gasteiger partial charge in [-0.25, -0.2) is 4.79 Å². The zero-order valence-electron chi connectivity index (χ0n) is 18.8. The van der Waals surface area contributed by atoms with E-state index in [9.17, 15) is 4.79 Å². The zero-order chi connectivity index (χ0) is 22.2. The molecule has 0 heterocycles. The molecule has 0 saturated carbocycles. The minimum atomic E-state index is -0.390. The molecule has 0 saturated heterocycles. The summed E-state index contributed by atoms with van der Waals surface area (Å²) in [6, 6.07) is 14.2. The van der Waals surface area contributed by atoms with Gasteiger partial charge in [-0.2, -0.15) is 0 Å². The van der Waals surface area contributed by atoms with Gasteiger partial charge < -0.3 is 14.2 Å². The van der Waals surface area contributed by atoms with Gasteiger partial charge >= 0.3 is 5.97 Å². The fraction of sp³-hybridized carbons (Fsp3) is 0.444. The van der Waals surface area contributed by atoms with Crippen LogP contribution in [0.3, 0.4) is 0 Å². The normalized spacial score (nSPS) is 10.5. The van der Waals surface area contributed by atoms with Crippen molar-refractivity contribution in [3.63, 3.8) is 0 Å². The summed E-state index contributed by atoms with van der Waals surface area (Å²) < 4.78 is 16.9. The fourth-order valence-corrected chi connectivity index (χ4v) is 3.11. The van der Waals surface area contributed by atoms with Crippen molar-refractivity contribution in [3.05, 3.63) is 66.7 Å². The van der Waals surface area contributed by atoms with Gasteiger partial charge in [0.15, 0.2) is 0 Å². The summed E-state index contributed by atoms with van der Waals surface area (Å²) in [5.74, 6) is 1.66. The third-order valence-electron chi connectivity index (χ3n) is 4.96. The van der Waals surface area contributed by atoms with Crippen molar-refractivity contribution < 1.29 is 19.0 Å². The molecule has 0 unspecified atom stereocenters. The smallest absolute Gasteiger partial charge is 0.343 e. The SMILES string of the molecule is C=CCCCCOc1ccc(C(=O)Oc2ccc(OCCCCCCCC)cc2)cc1. The molecule has 0 N–H and O–H groups in total. The molecule has 4 nitrogen and oxygen atoms in total. The summed E-state index contributed by atoms with van der Waals surface area (Å²) in [6.45, 7) is 7.31. The van der Waals surface area contributed by atoms with Crippen molar-refractivity contribution in [1.82, 2.24) is 0 Å². The molecular formula is C27H36O4. The Morgan fingerprint density at radius 2 is 1.26 bits per heavy atom. The minimum absolute atomic E-state index is 0.390. The first-order valence-electron chi connectivity index (χ1n) is 11.5. The van der Waals surface area contributed by atoms with Gasteiger partial charge in [0.25, 0.3) is 0 Å². The van der Waals surface area contributed by atoms with Crippen LogP contribution in [-0.4, -0.2) is 19.2 Å². The number of carbonyl (C=O) groups excluding carboxylic acids is 1. The molecule has 0 aliphatic carbocycles. The second-order valence-electron chi connectivity index (χ2n) is 7.63. The van der Waals surface area contributed by atoms with Crippen molar-refractivity contribution in [3.8, 4) is 17.2 Å². The molecule has 0 spiro atoms. The van der Waals surface area contributed by atoms with Crippen molar-refractivity contribution in [2.24, 2.45) is 0 Å². The summed E-state index contributed by atoms with van der Waals surface area (Å²) in [6.07, 6.45) is 12.4. The lowest BCUT2D eigenvalue weighted by Crippen LogP contribution is -2.08. The Labute approximate surface area is 187 Å². The van der Waals surface area contributed by atoms with Crippen LogP contribution in [0.1, 0.15) is 75.1 Å². The molecule has 0 bridgehead atoms. The Hall–Kier alpha value is -2.75. The number of hydrogen-bond donors (Lipinski definition) is 0. The van der Waals surface area contributed by atoms with Crippen LogP contribution in [0, 0.1) is 0 Å². The molecule has 2 rings (SSSR count). The van der Waals surface area contributed by atoms with Crippen LogP contribution in [0.2, 0.25) is 0 Å². The predicted octanol–water partition coefficient (Wildman–Crippen LogP) is 7.38. The van der Waals surface area contributed by atoms with E-state index in [-0.39, 0.29) is 0 Å². The van der Waals surface area contributed by atoms with Gasteiger partial charge in [0, 0.05) is 0 Å². The summed E-state index contributed by atoms with van der Waals surface area (Å²) in [5, 5.41) is 0. The fourth-order valence-electron chi connectivity index (χ4n) is 3.11. The number of ether oxygens (including phenoxy) is 3. The number of esters is 1. The monoisotopic (exact) mass is 424 g/mol. The van der Waals surface area contributed by atoms with E-state index in [1.54, 1.807) is 36.4 Å². The van der Waals surface area contributed by atoms with Crippen LogP contribution >= 0.6 is 0 Å². The lowest BCUT2D eigenvalue weighted by atomic mass is 10.1. The molecule has 168 valence electrons. The Bertz CT molecular complexity index is 750. The Balaban J connectivity index is 1.69. The van der Waals surface area contributed by atoms with E-state index < -0.39 is 5.97 Å². The van der Waals surface area contributed by atoms with Gasteiger partial charge in [-0.15, -0.1) is 6.58 Å². The highest BCUT2D eigenvalue weighted by Crippen LogP contribution is 2.20. The van der Waals surface area contributed by atoms with Gasteiger partial charge in [-0.1, -0.05) is 45.1 Å². The van der Waals surface area contributed by atoms with Gasteiger partial charge in [-0.05, 0) is 74.2 Å². The van der Waals surface area contributed by atoms with Crippen LogP contribution in [0.25, 0.3) is 0 Å². The highest BCUT2D eigenvalue weighted by molar-refractivity contribution is 5.91. The maximum atomic E-state index is 12.4. The summed E-state index contributed by atoms with van der Waals surface area (Å²) in [4.78, 5) is 12.4. The number of rotatable bonds is 16. The molecule has 0 aliphatic rings. The third kappa shape index (κ3) is 10.2. The number of unbranched alkanes of at least 4 members (excludes halogenated alkanes) is 7. The van der Waals surface area contributed by atoms with Crippen LogP contribution in [0.15, 0.2) is 61.2 Å². The van der Waals surface area contributed by atoms with E-state index in [1.807, 2.05) is 18.2 Å². The maximum Gasteiger partial charge on any atom is 0.343 e. The largest absolute Gasteiger partial charge is 0.494 e. The lowest BCUT2D eigenvalue weighted by molar-refractivity contribution is 0.0734. The summed E-state index contributed by atoms with van der Waals surface area (Å²) in [7, 11) is 0. The first kappa shape index (κ1) is 24.5. The summed E-state index contributed by atoms with van der Waals surface area (Å²) >= 11 is 0. The zero-order valence-corrected chi connectivity index (χ0v) is 18.8. The Kier molecular flexibility index (Phi) is 12.0. The van der Waals surface area contributed by atoms with Crippen molar-refractivity contribution >= 4 is 5.97 Å². The molecule has 4 heteroatoms.